The van der Waals surface area contributed by atoms with Crippen molar-refractivity contribution in [3.63, 3.8) is 0 Å². The molecule has 2 aromatic rings. The van der Waals surface area contributed by atoms with Crippen molar-refractivity contribution in [2.75, 3.05) is 6.54 Å². The van der Waals surface area contributed by atoms with E-state index < -0.39 is 0 Å². The molecule has 0 radical (unpaired) electrons. The van der Waals surface area contributed by atoms with Crippen molar-refractivity contribution in [3.8, 4) is 0 Å². The van der Waals surface area contributed by atoms with E-state index in [1.165, 1.54) is 12.1 Å². The van der Waals surface area contributed by atoms with Gasteiger partial charge in [-0.3, -0.25) is 0 Å². The van der Waals surface area contributed by atoms with Crippen molar-refractivity contribution >= 4 is 34.5 Å². The van der Waals surface area contributed by atoms with Gasteiger partial charge in [0.15, 0.2) is 0 Å². The van der Waals surface area contributed by atoms with E-state index in [4.69, 9.17) is 23.2 Å². The summed E-state index contributed by atoms with van der Waals surface area (Å²) in [6.07, 6.45) is 0.998. The highest BCUT2D eigenvalue weighted by Crippen LogP contribution is 2.36. The summed E-state index contributed by atoms with van der Waals surface area (Å²) in [4.78, 5) is 1.00. The van der Waals surface area contributed by atoms with E-state index >= 15 is 0 Å². The Balaban J connectivity index is 2.40. The summed E-state index contributed by atoms with van der Waals surface area (Å²) in [6, 6.07) is 6.23. The number of benzene rings is 1. The number of hydrogen-bond donors (Lipinski definition) is 1. The number of rotatable bonds is 5. The molecule has 0 aliphatic heterocycles. The highest BCUT2D eigenvalue weighted by molar-refractivity contribution is 7.10. The van der Waals surface area contributed by atoms with E-state index in [1.54, 1.807) is 17.4 Å². The minimum absolute atomic E-state index is 0.0967. The SMILES string of the molecule is CCCNC(c1ccc(F)cc1Cl)c1sccc1Cl. The van der Waals surface area contributed by atoms with E-state index in [9.17, 15) is 4.39 Å². The fourth-order valence-electron chi connectivity index (χ4n) is 1.88. The Hall–Kier alpha value is -0.610. The summed E-state index contributed by atoms with van der Waals surface area (Å²) in [5.41, 5.74) is 0.848. The van der Waals surface area contributed by atoms with E-state index in [0.717, 1.165) is 23.4 Å². The van der Waals surface area contributed by atoms with E-state index in [-0.39, 0.29) is 11.9 Å². The van der Waals surface area contributed by atoms with Crippen LogP contribution < -0.4 is 5.32 Å². The molecule has 2 rings (SSSR count). The van der Waals surface area contributed by atoms with Gasteiger partial charge in [-0.15, -0.1) is 11.3 Å². The van der Waals surface area contributed by atoms with E-state index in [0.29, 0.717) is 10.0 Å². The standard InChI is InChI=1S/C14H14Cl2FNS/c1-2-6-18-13(14-11(15)5-7-19-14)10-4-3-9(17)8-12(10)16/h3-5,7-8,13,18H,2,6H2,1H3. The molecule has 1 atom stereocenters. The number of hydrogen-bond acceptors (Lipinski definition) is 2. The minimum atomic E-state index is -0.333. The first-order valence-electron chi connectivity index (χ1n) is 6.04. The van der Waals surface area contributed by atoms with Gasteiger partial charge in [-0.05, 0) is 42.1 Å². The van der Waals surface area contributed by atoms with Crippen molar-refractivity contribution in [2.24, 2.45) is 0 Å². The quantitative estimate of drug-likeness (QED) is 0.790. The summed E-state index contributed by atoms with van der Waals surface area (Å²) in [7, 11) is 0. The Kier molecular flexibility index (Phi) is 5.22. The van der Waals surface area contributed by atoms with Crippen LogP contribution in [0.5, 0.6) is 0 Å². The lowest BCUT2D eigenvalue weighted by Crippen LogP contribution is -2.23. The Labute approximate surface area is 126 Å². The van der Waals surface area contributed by atoms with Gasteiger partial charge in [0.05, 0.1) is 11.1 Å². The van der Waals surface area contributed by atoms with Crippen molar-refractivity contribution in [1.29, 1.82) is 0 Å². The van der Waals surface area contributed by atoms with Crippen molar-refractivity contribution < 1.29 is 4.39 Å². The smallest absolute Gasteiger partial charge is 0.124 e. The minimum Gasteiger partial charge on any atom is -0.306 e. The number of thiophene rings is 1. The molecule has 1 aromatic carbocycles. The largest absolute Gasteiger partial charge is 0.306 e. The molecule has 1 nitrogen and oxygen atoms in total. The molecule has 5 heteroatoms. The molecule has 1 heterocycles. The third-order valence-corrected chi connectivity index (χ3v) is 4.53. The zero-order valence-corrected chi connectivity index (χ0v) is 12.7. The van der Waals surface area contributed by atoms with Crippen LogP contribution in [0.25, 0.3) is 0 Å². The van der Waals surface area contributed by atoms with Crippen LogP contribution in [-0.2, 0) is 0 Å². The van der Waals surface area contributed by atoms with Gasteiger partial charge < -0.3 is 5.32 Å². The van der Waals surface area contributed by atoms with Gasteiger partial charge in [-0.1, -0.05) is 36.2 Å². The van der Waals surface area contributed by atoms with Gasteiger partial charge in [0, 0.05) is 9.90 Å². The molecule has 1 aromatic heterocycles. The fourth-order valence-corrected chi connectivity index (χ4v) is 3.41. The van der Waals surface area contributed by atoms with Crippen molar-refractivity contribution in [2.45, 2.75) is 19.4 Å². The van der Waals surface area contributed by atoms with Crippen LogP contribution in [-0.4, -0.2) is 6.54 Å². The Morgan fingerprint density at radius 3 is 2.63 bits per heavy atom. The molecular weight excluding hydrogens is 304 g/mol. The van der Waals surface area contributed by atoms with Gasteiger partial charge in [0.25, 0.3) is 0 Å². The summed E-state index contributed by atoms with van der Waals surface area (Å²) in [5, 5.41) is 6.47. The molecule has 0 aliphatic rings. The van der Waals surface area contributed by atoms with Gasteiger partial charge in [0.2, 0.25) is 0 Å². The molecule has 1 N–H and O–H groups in total. The molecule has 0 bridgehead atoms. The van der Waals surface area contributed by atoms with Crippen molar-refractivity contribution in [3.05, 3.63) is 55.9 Å². The van der Waals surface area contributed by atoms with Gasteiger partial charge in [-0.25, -0.2) is 4.39 Å². The van der Waals surface area contributed by atoms with Crippen LogP contribution in [0.2, 0.25) is 10.0 Å². The highest BCUT2D eigenvalue weighted by Gasteiger charge is 2.20. The van der Waals surface area contributed by atoms with Crippen LogP contribution in [0.4, 0.5) is 4.39 Å². The maximum absolute atomic E-state index is 13.2. The lowest BCUT2D eigenvalue weighted by molar-refractivity contribution is 0.599. The predicted molar refractivity (Wildman–Crippen MR) is 80.9 cm³/mol. The molecule has 102 valence electrons. The van der Waals surface area contributed by atoms with E-state index in [1.807, 2.05) is 11.4 Å². The summed E-state index contributed by atoms with van der Waals surface area (Å²) >= 11 is 13.9. The van der Waals surface area contributed by atoms with Crippen LogP contribution in [0.1, 0.15) is 29.8 Å². The normalized spacial score (nSPS) is 12.6. The van der Waals surface area contributed by atoms with Crippen molar-refractivity contribution in [1.82, 2.24) is 5.32 Å². The van der Waals surface area contributed by atoms with E-state index in [2.05, 4.69) is 12.2 Å². The first kappa shape index (κ1) is 14.8. The first-order chi connectivity index (χ1) is 9.13. The van der Waals surface area contributed by atoms with Crippen LogP contribution in [0.3, 0.4) is 0 Å². The zero-order chi connectivity index (χ0) is 13.8. The average molecular weight is 318 g/mol. The molecule has 19 heavy (non-hydrogen) atoms. The summed E-state index contributed by atoms with van der Waals surface area (Å²) < 4.78 is 13.2. The second kappa shape index (κ2) is 6.71. The summed E-state index contributed by atoms with van der Waals surface area (Å²) in [5.74, 6) is -0.333. The second-order valence-electron chi connectivity index (χ2n) is 4.19. The zero-order valence-electron chi connectivity index (χ0n) is 10.4. The maximum atomic E-state index is 13.2. The van der Waals surface area contributed by atoms with Crippen LogP contribution >= 0.6 is 34.5 Å². The molecule has 0 spiro atoms. The maximum Gasteiger partial charge on any atom is 0.124 e. The first-order valence-corrected chi connectivity index (χ1v) is 7.68. The predicted octanol–water partition coefficient (Wildman–Crippen LogP) is 5.28. The molecule has 0 saturated heterocycles. The topological polar surface area (TPSA) is 12.0 Å². The highest BCUT2D eigenvalue weighted by atomic mass is 35.5. The van der Waals surface area contributed by atoms with Gasteiger partial charge >= 0.3 is 0 Å². The molecule has 0 amide bonds. The monoisotopic (exact) mass is 317 g/mol. The average Bonchev–Trinajstić information content (AvgIpc) is 2.78. The molecule has 1 unspecified atom stereocenters. The van der Waals surface area contributed by atoms with Gasteiger partial charge in [-0.2, -0.15) is 0 Å². The molecule has 0 aliphatic carbocycles. The number of nitrogens with one attached hydrogen (secondary N) is 1. The summed E-state index contributed by atoms with van der Waals surface area (Å²) in [6.45, 7) is 2.93. The van der Waals surface area contributed by atoms with Gasteiger partial charge in [0.1, 0.15) is 5.82 Å². The third kappa shape index (κ3) is 3.48. The molecule has 0 saturated carbocycles. The number of halogens is 3. The lowest BCUT2D eigenvalue weighted by Gasteiger charge is -2.19. The Bertz CT molecular complexity index is 556. The lowest BCUT2D eigenvalue weighted by atomic mass is 10.0. The molecular formula is C14H14Cl2FNS. The van der Waals surface area contributed by atoms with Crippen LogP contribution in [0, 0.1) is 5.82 Å². The Morgan fingerprint density at radius 2 is 2.05 bits per heavy atom. The second-order valence-corrected chi connectivity index (χ2v) is 5.95. The third-order valence-electron chi connectivity index (χ3n) is 2.78. The Morgan fingerprint density at radius 1 is 1.26 bits per heavy atom. The van der Waals surface area contributed by atoms with Crippen LogP contribution in [0.15, 0.2) is 29.6 Å². The molecule has 0 fully saturated rings. The fraction of sp³-hybridized carbons (Fsp3) is 0.286.